The van der Waals surface area contributed by atoms with Crippen molar-refractivity contribution < 1.29 is 9.53 Å². The van der Waals surface area contributed by atoms with Crippen LogP contribution in [0.1, 0.15) is 29.5 Å². The van der Waals surface area contributed by atoms with Crippen LogP contribution in [-0.2, 0) is 15.3 Å². The van der Waals surface area contributed by atoms with Gasteiger partial charge < -0.3 is 4.74 Å². The summed E-state index contributed by atoms with van der Waals surface area (Å²) in [6.45, 7) is 4.25. The maximum Gasteiger partial charge on any atom is 0.305 e. The molecule has 1 aromatic carbocycles. The van der Waals surface area contributed by atoms with Crippen molar-refractivity contribution in [1.29, 1.82) is 0 Å². The maximum absolute atomic E-state index is 10.9. The molecule has 0 amide bonds. The zero-order valence-electron chi connectivity index (χ0n) is 10.8. The molecule has 0 unspecified atom stereocenters. The third kappa shape index (κ3) is 5.78. The van der Waals surface area contributed by atoms with Crippen molar-refractivity contribution in [2.75, 3.05) is 12.9 Å². The van der Waals surface area contributed by atoms with E-state index < -0.39 is 0 Å². The lowest BCUT2D eigenvalue weighted by molar-refractivity contribution is -0.140. The lowest BCUT2D eigenvalue weighted by Crippen LogP contribution is -2.00. The number of hydrogen-bond donors (Lipinski definition) is 0. The fourth-order valence-electron chi connectivity index (χ4n) is 1.76. The number of benzene rings is 1. The zero-order valence-corrected chi connectivity index (χ0v) is 11.6. The van der Waals surface area contributed by atoms with E-state index in [1.165, 1.54) is 23.8 Å². The topological polar surface area (TPSA) is 26.3 Å². The van der Waals surface area contributed by atoms with Gasteiger partial charge in [-0.3, -0.25) is 4.79 Å². The monoisotopic (exact) mass is 252 g/mol. The van der Waals surface area contributed by atoms with Gasteiger partial charge >= 0.3 is 5.97 Å². The summed E-state index contributed by atoms with van der Waals surface area (Å²) in [5, 5.41) is 0. The molecule has 0 saturated heterocycles. The van der Waals surface area contributed by atoms with Crippen molar-refractivity contribution in [2.24, 2.45) is 0 Å². The first-order chi connectivity index (χ1) is 8.11. The number of rotatable bonds is 6. The summed E-state index contributed by atoms with van der Waals surface area (Å²) in [6.07, 6.45) is 1.42. The fourth-order valence-corrected chi connectivity index (χ4v) is 2.66. The molecule has 0 fully saturated rings. The van der Waals surface area contributed by atoms with Crippen LogP contribution in [0.3, 0.4) is 0 Å². The first-order valence-corrected chi connectivity index (χ1v) is 6.99. The van der Waals surface area contributed by atoms with Gasteiger partial charge in [-0.15, -0.1) is 0 Å². The summed E-state index contributed by atoms with van der Waals surface area (Å²) in [5.41, 5.74) is 4.00. The number of hydrogen-bond acceptors (Lipinski definition) is 3. The molecule has 0 aliphatic rings. The fraction of sp³-hybridized carbons (Fsp3) is 0.500. The van der Waals surface area contributed by atoms with Gasteiger partial charge in [-0.1, -0.05) is 29.3 Å². The molecule has 2 nitrogen and oxygen atoms in total. The second-order valence-corrected chi connectivity index (χ2v) is 5.33. The van der Waals surface area contributed by atoms with Crippen molar-refractivity contribution in [3.8, 4) is 0 Å². The average molecular weight is 252 g/mol. The van der Waals surface area contributed by atoms with E-state index in [0.717, 1.165) is 17.9 Å². The van der Waals surface area contributed by atoms with E-state index in [0.29, 0.717) is 6.42 Å². The SMILES string of the molecule is COC(=O)CCCSCc1cc(C)cc(C)c1. The standard InChI is InChI=1S/C14H20O2S/c1-11-7-12(2)9-13(8-11)10-17-6-4-5-14(15)16-3/h7-9H,4-6,10H2,1-3H3. The first-order valence-electron chi connectivity index (χ1n) is 5.83. The van der Waals surface area contributed by atoms with Crippen LogP contribution in [0.15, 0.2) is 18.2 Å². The quantitative estimate of drug-likeness (QED) is 0.572. The van der Waals surface area contributed by atoms with E-state index in [1.54, 1.807) is 0 Å². The van der Waals surface area contributed by atoms with E-state index in [-0.39, 0.29) is 5.97 Å². The molecule has 0 heterocycles. The molecule has 0 saturated carbocycles. The number of ether oxygens (including phenoxy) is 1. The number of thioether (sulfide) groups is 1. The van der Waals surface area contributed by atoms with Crippen LogP contribution in [0.5, 0.6) is 0 Å². The van der Waals surface area contributed by atoms with Crippen molar-refractivity contribution >= 4 is 17.7 Å². The molecule has 0 spiro atoms. The van der Waals surface area contributed by atoms with Gasteiger partial charge in [0.1, 0.15) is 0 Å². The van der Waals surface area contributed by atoms with Crippen LogP contribution in [0.25, 0.3) is 0 Å². The Labute approximate surface area is 108 Å². The molecular formula is C14H20O2S. The lowest BCUT2D eigenvalue weighted by atomic mass is 10.1. The predicted molar refractivity (Wildman–Crippen MR) is 73.3 cm³/mol. The Hall–Kier alpha value is -0.960. The second kappa shape index (κ2) is 7.38. The molecular weight excluding hydrogens is 232 g/mol. The van der Waals surface area contributed by atoms with Crippen molar-refractivity contribution in [3.63, 3.8) is 0 Å². The molecule has 17 heavy (non-hydrogen) atoms. The summed E-state index contributed by atoms with van der Waals surface area (Å²) in [5.74, 6) is 1.91. The molecule has 0 radical (unpaired) electrons. The molecule has 94 valence electrons. The highest BCUT2D eigenvalue weighted by molar-refractivity contribution is 7.98. The highest BCUT2D eigenvalue weighted by Gasteiger charge is 2.00. The predicted octanol–water partition coefficient (Wildman–Crippen LogP) is 3.49. The van der Waals surface area contributed by atoms with Gasteiger partial charge in [0.25, 0.3) is 0 Å². The van der Waals surface area contributed by atoms with E-state index in [1.807, 2.05) is 11.8 Å². The first kappa shape index (κ1) is 14.1. The Bertz CT molecular complexity index is 354. The van der Waals surface area contributed by atoms with Crippen LogP contribution in [0, 0.1) is 13.8 Å². The molecule has 0 bridgehead atoms. The van der Waals surface area contributed by atoms with Gasteiger partial charge in [-0.05, 0) is 31.6 Å². The van der Waals surface area contributed by atoms with E-state index >= 15 is 0 Å². The van der Waals surface area contributed by atoms with Crippen LogP contribution < -0.4 is 0 Å². The molecule has 0 aliphatic heterocycles. The van der Waals surface area contributed by atoms with E-state index in [9.17, 15) is 4.79 Å². The van der Waals surface area contributed by atoms with Crippen LogP contribution in [0.2, 0.25) is 0 Å². The molecule has 0 aromatic heterocycles. The Morgan fingerprint density at radius 2 is 1.88 bits per heavy atom. The largest absolute Gasteiger partial charge is 0.469 e. The highest BCUT2D eigenvalue weighted by atomic mass is 32.2. The minimum atomic E-state index is -0.114. The van der Waals surface area contributed by atoms with Gasteiger partial charge in [0.05, 0.1) is 7.11 Å². The Kier molecular flexibility index (Phi) is 6.12. The van der Waals surface area contributed by atoms with Crippen LogP contribution in [-0.4, -0.2) is 18.8 Å². The maximum atomic E-state index is 10.9. The number of esters is 1. The number of carbonyl (C=O) groups excluding carboxylic acids is 1. The summed E-state index contributed by atoms with van der Waals surface area (Å²) in [7, 11) is 1.44. The highest BCUT2D eigenvalue weighted by Crippen LogP contribution is 2.16. The lowest BCUT2D eigenvalue weighted by Gasteiger charge is -2.05. The molecule has 0 aliphatic carbocycles. The Morgan fingerprint density at radius 3 is 2.47 bits per heavy atom. The number of methoxy groups -OCH3 is 1. The minimum absolute atomic E-state index is 0.114. The van der Waals surface area contributed by atoms with Crippen LogP contribution in [0.4, 0.5) is 0 Å². The minimum Gasteiger partial charge on any atom is -0.469 e. The summed E-state index contributed by atoms with van der Waals surface area (Å²) in [6, 6.07) is 6.63. The van der Waals surface area contributed by atoms with Crippen molar-refractivity contribution in [1.82, 2.24) is 0 Å². The summed E-state index contributed by atoms with van der Waals surface area (Å²) in [4.78, 5) is 10.9. The van der Waals surface area contributed by atoms with Gasteiger partial charge in [0.2, 0.25) is 0 Å². The molecule has 0 N–H and O–H groups in total. The molecule has 3 heteroatoms. The van der Waals surface area contributed by atoms with Gasteiger partial charge in [-0.25, -0.2) is 0 Å². The van der Waals surface area contributed by atoms with Crippen molar-refractivity contribution in [3.05, 3.63) is 34.9 Å². The normalized spacial score (nSPS) is 10.3. The van der Waals surface area contributed by atoms with Crippen LogP contribution >= 0.6 is 11.8 Å². The average Bonchev–Trinajstić information content (AvgIpc) is 2.27. The second-order valence-electron chi connectivity index (χ2n) is 4.23. The molecule has 1 aromatic rings. The zero-order chi connectivity index (χ0) is 12.7. The number of carbonyl (C=O) groups is 1. The third-order valence-corrected chi connectivity index (χ3v) is 3.56. The van der Waals surface area contributed by atoms with Gasteiger partial charge in [0, 0.05) is 12.2 Å². The third-order valence-electron chi connectivity index (χ3n) is 2.45. The van der Waals surface area contributed by atoms with Gasteiger partial charge in [0.15, 0.2) is 0 Å². The van der Waals surface area contributed by atoms with E-state index in [4.69, 9.17) is 0 Å². The Balaban J connectivity index is 2.24. The smallest absolute Gasteiger partial charge is 0.305 e. The number of aryl methyl sites for hydroxylation is 2. The summed E-state index contributed by atoms with van der Waals surface area (Å²) >= 11 is 1.87. The van der Waals surface area contributed by atoms with Gasteiger partial charge in [-0.2, -0.15) is 11.8 Å². The Morgan fingerprint density at radius 1 is 1.24 bits per heavy atom. The summed E-state index contributed by atoms with van der Waals surface area (Å²) < 4.78 is 4.60. The molecule has 0 atom stereocenters. The van der Waals surface area contributed by atoms with Crippen molar-refractivity contribution in [2.45, 2.75) is 32.4 Å². The molecule has 1 rings (SSSR count). The van der Waals surface area contributed by atoms with E-state index in [2.05, 4.69) is 36.8 Å².